The topological polar surface area (TPSA) is 49.4 Å². The first-order valence-electron chi connectivity index (χ1n) is 11.4. The van der Waals surface area contributed by atoms with Gasteiger partial charge in [0.15, 0.2) is 0 Å². The number of rotatable bonds is 8. The van der Waals surface area contributed by atoms with Crippen LogP contribution in [-0.4, -0.2) is 28.3 Å². The van der Waals surface area contributed by atoms with Crippen LogP contribution in [0.15, 0.2) is 72.8 Å². The van der Waals surface area contributed by atoms with Crippen LogP contribution in [0, 0.1) is 0 Å². The van der Waals surface area contributed by atoms with Gasteiger partial charge < -0.3 is 10.2 Å². The summed E-state index contributed by atoms with van der Waals surface area (Å²) >= 11 is 18.5. The van der Waals surface area contributed by atoms with Gasteiger partial charge in [0.2, 0.25) is 11.8 Å². The van der Waals surface area contributed by atoms with E-state index in [1.807, 2.05) is 69.3 Å². The van der Waals surface area contributed by atoms with Crippen molar-refractivity contribution >= 4 is 46.6 Å². The minimum Gasteiger partial charge on any atom is -0.350 e. The SMILES string of the molecule is CC(C)(C)NC(=O)C(Cc1ccccc1)N(Cc1cccc(Cl)c1)C(=O)Cc1ccc(Cl)c(Cl)c1. The monoisotopic (exact) mass is 530 g/mol. The van der Waals surface area contributed by atoms with Crippen molar-refractivity contribution in [3.63, 3.8) is 0 Å². The second-order valence-corrected chi connectivity index (χ2v) is 10.8. The second kappa shape index (κ2) is 11.9. The van der Waals surface area contributed by atoms with E-state index in [2.05, 4.69) is 5.32 Å². The lowest BCUT2D eigenvalue weighted by molar-refractivity contribution is -0.141. The van der Waals surface area contributed by atoms with Crippen molar-refractivity contribution in [1.82, 2.24) is 10.2 Å². The molecule has 0 fully saturated rings. The number of halogens is 3. The van der Waals surface area contributed by atoms with E-state index in [9.17, 15) is 9.59 Å². The molecule has 2 amide bonds. The molecule has 0 aliphatic rings. The molecule has 35 heavy (non-hydrogen) atoms. The van der Waals surface area contributed by atoms with E-state index in [-0.39, 0.29) is 24.8 Å². The number of carbonyl (C=O) groups is 2. The fraction of sp³-hybridized carbons (Fsp3) is 0.286. The molecule has 1 atom stereocenters. The number of nitrogens with zero attached hydrogens (tertiary/aromatic N) is 1. The molecule has 0 saturated heterocycles. The fourth-order valence-corrected chi connectivity index (χ4v) is 4.30. The van der Waals surface area contributed by atoms with Crippen LogP contribution < -0.4 is 5.32 Å². The summed E-state index contributed by atoms with van der Waals surface area (Å²) in [7, 11) is 0. The predicted octanol–water partition coefficient (Wildman–Crippen LogP) is 6.74. The maximum atomic E-state index is 13.7. The lowest BCUT2D eigenvalue weighted by Crippen LogP contribution is -2.54. The summed E-state index contributed by atoms with van der Waals surface area (Å²) in [6.45, 7) is 5.99. The Labute approximate surface area is 222 Å². The van der Waals surface area contributed by atoms with Gasteiger partial charge in [-0.3, -0.25) is 9.59 Å². The highest BCUT2D eigenvalue weighted by Crippen LogP contribution is 2.24. The van der Waals surface area contributed by atoms with Crippen LogP contribution in [0.2, 0.25) is 15.1 Å². The van der Waals surface area contributed by atoms with Crippen molar-refractivity contribution < 1.29 is 9.59 Å². The normalized spacial score (nSPS) is 12.2. The number of benzene rings is 3. The van der Waals surface area contributed by atoms with Gasteiger partial charge in [-0.05, 0) is 61.7 Å². The number of nitrogens with one attached hydrogen (secondary N) is 1. The van der Waals surface area contributed by atoms with Gasteiger partial charge >= 0.3 is 0 Å². The highest BCUT2D eigenvalue weighted by atomic mass is 35.5. The third-order valence-electron chi connectivity index (χ3n) is 5.35. The molecule has 0 bridgehead atoms. The molecule has 3 aromatic carbocycles. The minimum absolute atomic E-state index is 0.0749. The van der Waals surface area contributed by atoms with E-state index in [1.165, 1.54) is 0 Å². The third-order valence-corrected chi connectivity index (χ3v) is 6.32. The third kappa shape index (κ3) is 8.28. The van der Waals surface area contributed by atoms with E-state index in [0.29, 0.717) is 21.5 Å². The van der Waals surface area contributed by atoms with E-state index in [4.69, 9.17) is 34.8 Å². The summed E-state index contributed by atoms with van der Waals surface area (Å²) in [6.07, 6.45) is 0.446. The maximum Gasteiger partial charge on any atom is 0.243 e. The van der Waals surface area contributed by atoms with Crippen LogP contribution in [0.1, 0.15) is 37.5 Å². The molecular weight excluding hydrogens is 503 g/mol. The molecule has 7 heteroatoms. The van der Waals surface area contributed by atoms with Crippen LogP contribution in [0.5, 0.6) is 0 Å². The quantitative estimate of drug-likeness (QED) is 0.350. The molecule has 3 rings (SSSR count). The van der Waals surface area contributed by atoms with Crippen molar-refractivity contribution in [3.05, 3.63) is 105 Å². The maximum absolute atomic E-state index is 13.7. The molecule has 0 saturated carbocycles. The van der Waals surface area contributed by atoms with E-state index in [0.717, 1.165) is 16.7 Å². The van der Waals surface area contributed by atoms with Crippen LogP contribution in [0.3, 0.4) is 0 Å². The average molecular weight is 532 g/mol. The zero-order valence-corrected chi connectivity index (χ0v) is 22.3. The molecule has 0 spiro atoms. The van der Waals surface area contributed by atoms with Crippen molar-refractivity contribution in [3.8, 4) is 0 Å². The Bertz CT molecular complexity index is 1180. The zero-order chi connectivity index (χ0) is 25.6. The Kier molecular flexibility index (Phi) is 9.23. The van der Waals surface area contributed by atoms with E-state index in [1.54, 1.807) is 29.2 Å². The van der Waals surface area contributed by atoms with Gasteiger partial charge in [0.05, 0.1) is 16.5 Å². The number of hydrogen-bond acceptors (Lipinski definition) is 2. The first kappa shape index (κ1) is 27.1. The Morgan fingerprint density at radius 2 is 1.51 bits per heavy atom. The molecule has 1 N–H and O–H groups in total. The van der Waals surface area contributed by atoms with Crippen LogP contribution in [0.4, 0.5) is 0 Å². The standard InChI is InChI=1S/C28H29Cl3N2O2/c1-28(2,3)32-27(35)25(16-19-8-5-4-6-9-19)33(18-21-10-7-11-22(29)14-21)26(34)17-20-12-13-23(30)24(31)15-20/h4-15,25H,16-18H2,1-3H3,(H,32,35). The van der Waals surface area contributed by atoms with Crippen LogP contribution in [-0.2, 0) is 29.0 Å². The smallest absolute Gasteiger partial charge is 0.243 e. The lowest BCUT2D eigenvalue weighted by Gasteiger charge is -2.34. The van der Waals surface area contributed by atoms with Gasteiger partial charge in [-0.1, -0.05) is 83.3 Å². The highest BCUT2D eigenvalue weighted by molar-refractivity contribution is 6.42. The molecule has 0 aromatic heterocycles. The van der Waals surface area contributed by atoms with Crippen molar-refractivity contribution in [1.29, 1.82) is 0 Å². The summed E-state index contributed by atoms with van der Waals surface area (Å²) in [5.41, 5.74) is 2.05. The molecule has 0 aliphatic carbocycles. The predicted molar refractivity (Wildman–Crippen MR) is 144 cm³/mol. The van der Waals surface area contributed by atoms with Crippen molar-refractivity contribution in [2.75, 3.05) is 0 Å². The zero-order valence-electron chi connectivity index (χ0n) is 20.0. The van der Waals surface area contributed by atoms with Gasteiger partial charge in [-0.15, -0.1) is 0 Å². The van der Waals surface area contributed by atoms with Gasteiger partial charge in [0.25, 0.3) is 0 Å². The Balaban J connectivity index is 2.00. The first-order chi connectivity index (χ1) is 16.5. The molecule has 0 aliphatic heterocycles. The number of hydrogen-bond donors (Lipinski definition) is 1. The molecule has 0 radical (unpaired) electrons. The lowest BCUT2D eigenvalue weighted by atomic mass is 10.00. The molecule has 1 unspecified atom stereocenters. The van der Waals surface area contributed by atoms with E-state index >= 15 is 0 Å². The Morgan fingerprint density at radius 1 is 0.829 bits per heavy atom. The fourth-order valence-electron chi connectivity index (χ4n) is 3.76. The summed E-state index contributed by atoms with van der Waals surface area (Å²) in [5.74, 6) is -0.417. The molecular formula is C28H29Cl3N2O2. The van der Waals surface area contributed by atoms with E-state index < -0.39 is 11.6 Å². The minimum atomic E-state index is -0.731. The van der Waals surface area contributed by atoms with Crippen LogP contribution in [0.25, 0.3) is 0 Å². The Hall–Kier alpha value is -2.53. The van der Waals surface area contributed by atoms with Crippen LogP contribution >= 0.6 is 34.8 Å². The number of amides is 2. The summed E-state index contributed by atoms with van der Waals surface area (Å²) in [5, 5.41) is 4.42. The number of carbonyl (C=O) groups excluding carboxylic acids is 2. The van der Waals surface area contributed by atoms with Gasteiger partial charge in [-0.25, -0.2) is 0 Å². The second-order valence-electron chi connectivity index (χ2n) is 9.52. The molecule has 184 valence electrons. The molecule has 0 heterocycles. The van der Waals surface area contributed by atoms with Gasteiger partial charge in [0, 0.05) is 23.5 Å². The largest absolute Gasteiger partial charge is 0.350 e. The summed E-state index contributed by atoms with van der Waals surface area (Å²) in [6, 6.07) is 21.4. The Morgan fingerprint density at radius 3 is 2.14 bits per heavy atom. The highest BCUT2D eigenvalue weighted by Gasteiger charge is 2.32. The van der Waals surface area contributed by atoms with Gasteiger partial charge in [-0.2, -0.15) is 0 Å². The van der Waals surface area contributed by atoms with Crippen molar-refractivity contribution in [2.24, 2.45) is 0 Å². The summed E-state index contributed by atoms with van der Waals surface area (Å²) < 4.78 is 0. The van der Waals surface area contributed by atoms with Crippen molar-refractivity contribution in [2.45, 2.75) is 51.7 Å². The van der Waals surface area contributed by atoms with Gasteiger partial charge in [0.1, 0.15) is 6.04 Å². The molecule has 4 nitrogen and oxygen atoms in total. The molecule has 3 aromatic rings. The average Bonchev–Trinajstić information content (AvgIpc) is 2.78. The first-order valence-corrected chi connectivity index (χ1v) is 12.5. The summed E-state index contributed by atoms with van der Waals surface area (Å²) in [4.78, 5) is 28.9.